The van der Waals surface area contributed by atoms with E-state index in [0.717, 1.165) is 37.8 Å². The number of nitrogens with one attached hydrogen (secondary N) is 2. The summed E-state index contributed by atoms with van der Waals surface area (Å²) in [5, 5.41) is 13.0. The SMILES string of the molecule is CCCCCCCCCCCCC(Oc1ccc(O)c(C(C)(C)C)c1)C(=O)Nc1ccc(NS(=O)(=O)C(F)(F)F)cc1. The number of rotatable bonds is 17. The number of hydrogen-bond acceptors (Lipinski definition) is 5. The lowest BCUT2D eigenvalue weighted by Gasteiger charge is -2.23. The first-order chi connectivity index (χ1) is 19.6. The minimum absolute atomic E-state index is 0.131. The molecule has 0 saturated carbocycles. The largest absolute Gasteiger partial charge is 0.516 e. The van der Waals surface area contributed by atoms with Gasteiger partial charge >= 0.3 is 15.5 Å². The number of carbonyl (C=O) groups is 1. The van der Waals surface area contributed by atoms with Crippen LogP contribution in [0.4, 0.5) is 24.5 Å². The third-order valence-electron chi connectivity index (χ3n) is 6.88. The molecular weight excluding hydrogens is 569 g/mol. The number of benzene rings is 2. The van der Waals surface area contributed by atoms with Gasteiger partial charge in [-0.2, -0.15) is 21.6 Å². The molecule has 2 aromatic carbocycles. The van der Waals surface area contributed by atoms with Crippen molar-refractivity contribution >= 4 is 27.3 Å². The fourth-order valence-corrected chi connectivity index (χ4v) is 5.03. The summed E-state index contributed by atoms with van der Waals surface area (Å²) in [6, 6.07) is 9.73. The van der Waals surface area contributed by atoms with Crippen molar-refractivity contribution in [3.8, 4) is 11.5 Å². The predicted octanol–water partition coefficient (Wildman–Crippen LogP) is 8.65. The molecule has 0 aliphatic rings. The average molecular weight is 615 g/mol. The standard InChI is InChI=1S/C31H45F3N2O5S/c1-5-6-7-8-9-10-11-12-13-14-15-28(41-25-20-21-27(37)26(22-25)30(2,3)4)29(38)35-23-16-18-24(19-17-23)36-42(39,40)31(32,33)34/h16-22,28,36-37H,5-15H2,1-4H3,(H,35,38). The van der Waals surface area contributed by atoms with Crippen molar-refractivity contribution in [2.75, 3.05) is 10.0 Å². The number of anilines is 2. The number of unbranched alkanes of at least 4 members (excludes halogenated alkanes) is 9. The fraction of sp³-hybridized carbons (Fsp3) is 0.581. The monoisotopic (exact) mass is 614 g/mol. The van der Waals surface area contributed by atoms with Gasteiger partial charge < -0.3 is 15.2 Å². The van der Waals surface area contributed by atoms with E-state index in [1.54, 1.807) is 12.1 Å². The van der Waals surface area contributed by atoms with E-state index in [-0.39, 0.29) is 22.5 Å². The van der Waals surface area contributed by atoms with E-state index < -0.39 is 27.5 Å². The Bertz CT molecular complexity index is 1230. The summed E-state index contributed by atoms with van der Waals surface area (Å²) in [5.41, 5.74) is -5.14. The Balaban J connectivity index is 2.05. The minimum atomic E-state index is -5.55. The second kappa shape index (κ2) is 16.0. The highest BCUT2D eigenvalue weighted by Crippen LogP contribution is 2.34. The van der Waals surface area contributed by atoms with E-state index in [4.69, 9.17) is 4.74 Å². The highest BCUT2D eigenvalue weighted by Gasteiger charge is 2.46. The second-order valence-electron chi connectivity index (χ2n) is 11.6. The first kappa shape index (κ1) is 35.2. The summed E-state index contributed by atoms with van der Waals surface area (Å²) in [7, 11) is -5.55. The molecule has 2 aromatic rings. The molecule has 236 valence electrons. The first-order valence-corrected chi connectivity index (χ1v) is 16.1. The van der Waals surface area contributed by atoms with Crippen molar-refractivity contribution in [2.24, 2.45) is 0 Å². The topological polar surface area (TPSA) is 105 Å². The Hall–Kier alpha value is -2.95. The van der Waals surface area contributed by atoms with Gasteiger partial charge in [-0.15, -0.1) is 0 Å². The third-order valence-corrected chi connectivity index (χ3v) is 7.99. The zero-order valence-corrected chi connectivity index (χ0v) is 25.8. The molecule has 0 saturated heterocycles. The molecule has 0 spiro atoms. The summed E-state index contributed by atoms with van der Waals surface area (Å²) in [5.74, 6) is 0.119. The van der Waals surface area contributed by atoms with Gasteiger partial charge in [-0.05, 0) is 60.7 Å². The molecule has 1 atom stereocenters. The van der Waals surface area contributed by atoms with Gasteiger partial charge in [0.25, 0.3) is 5.91 Å². The number of phenolic OH excluding ortho intramolecular Hbond substituents is 1. The van der Waals surface area contributed by atoms with Crippen LogP contribution < -0.4 is 14.8 Å². The molecule has 3 N–H and O–H groups in total. The average Bonchev–Trinajstić information content (AvgIpc) is 2.89. The molecule has 0 aliphatic carbocycles. The Morgan fingerprint density at radius 3 is 1.90 bits per heavy atom. The molecule has 7 nitrogen and oxygen atoms in total. The minimum Gasteiger partial charge on any atom is -0.508 e. The van der Waals surface area contributed by atoms with E-state index in [1.807, 2.05) is 20.8 Å². The van der Waals surface area contributed by atoms with Crippen LogP contribution in [0.25, 0.3) is 0 Å². The van der Waals surface area contributed by atoms with Crippen molar-refractivity contribution in [3.63, 3.8) is 0 Å². The van der Waals surface area contributed by atoms with Crippen LogP contribution in [0.15, 0.2) is 42.5 Å². The van der Waals surface area contributed by atoms with Crippen LogP contribution in [0.2, 0.25) is 0 Å². The summed E-state index contributed by atoms with van der Waals surface area (Å²) in [6.45, 7) is 8.07. The Labute approximate surface area is 248 Å². The van der Waals surface area contributed by atoms with Crippen LogP contribution in [0.1, 0.15) is 104 Å². The van der Waals surface area contributed by atoms with Crippen molar-refractivity contribution in [1.82, 2.24) is 0 Å². The number of halogens is 3. The predicted molar refractivity (Wildman–Crippen MR) is 161 cm³/mol. The zero-order chi connectivity index (χ0) is 31.4. The number of alkyl halides is 3. The number of amides is 1. The number of aromatic hydroxyl groups is 1. The zero-order valence-electron chi connectivity index (χ0n) is 25.0. The number of ether oxygens (including phenoxy) is 1. The Kier molecular flexibility index (Phi) is 13.5. The van der Waals surface area contributed by atoms with Crippen LogP contribution >= 0.6 is 0 Å². The molecule has 1 amide bonds. The lowest BCUT2D eigenvalue weighted by molar-refractivity contribution is -0.123. The molecule has 0 fully saturated rings. The van der Waals surface area contributed by atoms with Gasteiger partial charge in [-0.1, -0.05) is 85.5 Å². The molecule has 0 aromatic heterocycles. The van der Waals surface area contributed by atoms with E-state index in [0.29, 0.717) is 17.7 Å². The van der Waals surface area contributed by atoms with Crippen molar-refractivity contribution in [1.29, 1.82) is 0 Å². The van der Waals surface area contributed by atoms with Gasteiger partial charge in [0.05, 0.1) is 0 Å². The summed E-state index contributed by atoms with van der Waals surface area (Å²) in [6.07, 6.45) is 11.0. The fourth-order valence-electron chi connectivity index (χ4n) is 4.47. The molecule has 0 bridgehead atoms. The molecule has 1 unspecified atom stereocenters. The smallest absolute Gasteiger partial charge is 0.508 e. The van der Waals surface area contributed by atoms with Crippen LogP contribution in [0, 0.1) is 0 Å². The molecule has 0 heterocycles. The summed E-state index contributed by atoms with van der Waals surface area (Å²) < 4.78 is 68.3. The van der Waals surface area contributed by atoms with Gasteiger partial charge in [0, 0.05) is 16.9 Å². The Morgan fingerprint density at radius 1 is 0.857 bits per heavy atom. The van der Waals surface area contributed by atoms with Crippen molar-refractivity contribution < 1.29 is 36.2 Å². The lowest BCUT2D eigenvalue weighted by Crippen LogP contribution is -2.33. The van der Waals surface area contributed by atoms with Crippen molar-refractivity contribution in [3.05, 3.63) is 48.0 Å². The third kappa shape index (κ3) is 11.7. The molecule has 11 heteroatoms. The van der Waals surface area contributed by atoms with Crippen LogP contribution in [0.3, 0.4) is 0 Å². The van der Waals surface area contributed by atoms with Crippen molar-refractivity contribution in [2.45, 2.75) is 115 Å². The Morgan fingerprint density at radius 2 is 1.38 bits per heavy atom. The van der Waals surface area contributed by atoms with Gasteiger partial charge in [0.1, 0.15) is 11.5 Å². The van der Waals surface area contributed by atoms with E-state index >= 15 is 0 Å². The van der Waals surface area contributed by atoms with Gasteiger partial charge in [0.2, 0.25) is 0 Å². The molecular formula is C31H45F3N2O5S. The van der Waals surface area contributed by atoms with Gasteiger partial charge in [-0.25, -0.2) is 0 Å². The summed E-state index contributed by atoms with van der Waals surface area (Å²) >= 11 is 0. The maximum absolute atomic E-state index is 13.3. The van der Waals surface area contributed by atoms with Crippen LogP contribution in [-0.4, -0.2) is 31.0 Å². The molecule has 0 aliphatic heterocycles. The molecule has 0 radical (unpaired) electrons. The summed E-state index contributed by atoms with van der Waals surface area (Å²) in [4.78, 5) is 13.3. The second-order valence-corrected chi connectivity index (χ2v) is 13.3. The van der Waals surface area contributed by atoms with E-state index in [9.17, 15) is 31.5 Å². The number of phenols is 1. The maximum Gasteiger partial charge on any atom is 0.516 e. The number of sulfonamides is 1. The van der Waals surface area contributed by atoms with Gasteiger partial charge in [-0.3, -0.25) is 9.52 Å². The normalized spacial score (nSPS) is 13.0. The van der Waals surface area contributed by atoms with Crippen LogP contribution in [-0.2, 0) is 20.2 Å². The quantitative estimate of drug-likeness (QED) is 0.155. The first-order valence-electron chi connectivity index (χ1n) is 14.6. The lowest BCUT2D eigenvalue weighted by atomic mass is 9.86. The highest BCUT2D eigenvalue weighted by atomic mass is 32.2. The van der Waals surface area contributed by atoms with Crippen LogP contribution in [0.5, 0.6) is 11.5 Å². The highest BCUT2D eigenvalue weighted by molar-refractivity contribution is 7.93. The number of hydrogen-bond donors (Lipinski definition) is 3. The molecule has 2 rings (SSSR count). The maximum atomic E-state index is 13.3. The number of carbonyl (C=O) groups excluding carboxylic acids is 1. The van der Waals surface area contributed by atoms with E-state index in [1.165, 1.54) is 61.4 Å². The van der Waals surface area contributed by atoms with Gasteiger partial charge in [0.15, 0.2) is 6.10 Å². The van der Waals surface area contributed by atoms with E-state index in [2.05, 4.69) is 12.2 Å². The molecule has 42 heavy (non-hydrogen) atoms.